The van der Waals surface area contributed by atoms with E-state index in [1.54, 1.807) is 96.9 Å². The zero-order valence-corrected chi connectivity index (χ0v) is 26.4. The van der Waals surface area contributed by atoms with Gasteiger partial charge in [-0.05, 0) is 69.4 Å². The van der Waals surface area contributed by atoms with Crippen molar-refractivity contribution >= 4 is 52.8 Å². The van der Waals surface area contributed by atoms with Crippen molar-refractivity contribution in [3.63, 3.8) is 0 Å². The molecule has 6 rings (SSSR count). The van der Waals surface area contributed by atoms with Gasteiger partial charge in [0.2, 0.25) is 5.91 Å². The van der Waals surface area contributed by atoms with E-state index < -0.39 is 24.9 Å². The molecule has 2 N–H and O–H groups in total. The number of carbonyl (C=O) groups excluding carboxylic acids is 3. The van der Waals surface area contributed by atoms with Gasteiger partial charge in [0.05, 0.1) is 11.6 Å². The zero-order valence-electron chi connectivity index (χ0n) is 25.5. The zero-order chi connectivity index (χ0) is 33.3. The summed E-state index contributed by atoms with van der Waals surface area (Å²) in [7, 11) is -3.47. The maximum atomic E-state index is 14.4. The van der Waals surface area contributed by atoms with Crippen LogP contribution in [0.15, 0.2) is 109 Å². The molecule has 1 heterocycles. The van der Waals surface area contributed by atoms with E-state index in [0.717, 1.165) is 5.39 Å². The standard InChI is InChI=1S/C37H32FN2O6P/c1-39(29-19-20-40(23-29)34(41)18-15-24-13-16-28(38)17-14-24)37(43)33-22-27-9-3-2-8-26(27)21-32(33)35(42)36(47(44,45)46)31-12-6-10-25-7-4-5-11-30(25)31/h2-18,21-22,29,36H,19-20,23H2,1H3,(H2,44,45,46)/b18-15+. The highest BCUT2D eigenvalue weighted by molar-refractivity contribution is 7.53. The minimum absolute atomic E-state index is 0.0240. The first kappa shape index (κ1) is 32.0. The van der Waals surface area contributed by atoms with Gasteiger partial charge in [0, 0.05) is 31.8 Å². The van der Waals surface area contributed by atoms with Gasteiger partial charge in [-0.25, -0.2) is 4.39 Å². The molecular formula is C37H32FN2O6P. The average Bonchev–Trinajstić information content (AvgIpc) is 3.57. The molecule has 2 atom stereocenters. The molecule has 47 heavy (non-hydrogen) atoms. The molecule has 1 aliphatic heterocycles. The normalized spacial score (nSPS) is 15.7. The third-order valence-electron chi connectivity index (χ3n) is 8.72. The highest BCUT2D eigenvalue weighted by atomic mass is 31.2. The van der Waals surface area contributed by atoms with Gasteiger partial charge >= 0.3 is 7.60 Å². The van der Waals surface area contributed by atoms with Gasteiger partial charge in [0.25, 0.3) is 5.91 Å². The van der Waals surface area contributed by atoms with Crippen molar-refractivity contribution < 1.29 is 33.1 Å². The van der Waals surface area contributed by atoms with Crippen LogP contribution in [0, 0.1) is 5.82 Å². The van der Waals surface area contributed by atoms with Gasteiger partial charge in [0.1, 0.15) is 11.5 Å². The quantitative estimate of drug-likeness (QED) is 0.111. The van der Waals surface area contributed by atoms with E-state index >= 15 is 0 Å². The first-order valence-electron chi connectivity index (χ1n) is 15.1. The maximum Gasteiger partial charge on any atom is 0.340 e. The summed E-state index contributed by atoms with van der Waals surface area (Å²) in [4.78, 5) is 65.7. The maximum absolute atomic E-state index is 14.4. The molecule has 2 amide bonds. The Morgan fingerprint density at radius 1 is 0.872 bits per heavy atom. The summed E-state index contributed by atoms with van der Waals surface area (Å²) in [6.45, 7) is 0.659. The lowest BCUT2D eigenvalue weighted by atomic mass is 9.92. The Balaban J connectivity index is 1.32. The molecule has 5 aromatic carbocycles. The molecule has 238 valence electrons. The lowest BCUT2D eigenvalue weighted by Crippen LogP contribution is -2.40. The second-order valence-corrected chi connectivity index (χ2v) is 13.4. The van der Waals surface area contributed by atoms with Crippen molar-refractivity contribution in [2.75, 3.05) is 20.1 Å². The summed E-state index contributed by atoms with van der Waals surface area (Å²) >= 11 is 0. The number of likely N-dealkylation sites (N-methyl/N-ethyl adjacent to an activating group) is 1. The van der Waals surface area contributed by atoms with E-state index in [2.05, 4.69) is 0 Å². The minimum atomic E-state index is -5.07. The number of carbonyl (C=O) groups is 3. The smallest absolute Gasteiger partial charge is 0.337 e. The number of hydrogen-bond acceptors (Lipinski definition) is 4. The summed E-state index contributed by atoms with van der Waals surface area (Å²) < 4.78 is 26.3. The Morgan fingerprint density at radius 3 is 2.17 bits per heavy atom. The van der Waals surface area contributed by atoms with Crippen LogP contribution in [0.25, 0.3) is 27.6 Å². The molecule has 0 spiro atoms. The minimum Gasteiger partial charge on any atom is -0.337 e. The van der Waals surface area contributed by atoms with Crippen LogP contribution in [0.5, 0.6) is 0 Å². The number of fused-ring (bicyclic) bond motifs is 2. The van der Waals surface area contributed by atoms with Crippen molar-refractivity contribution in [2.24, 2.45) is 0 Å². The van der Waals surface area contributed by atoms with Crippen LogP contribution in [-0.2, 0) is 9.36 Å². The van der Waals surface area contributed by atoms with Crippen LogP contribution < -0.4 is 0 Å². The number of rotatable bonds is 8. The largest absolute Gasteiger partial charge is 0.340 e. The molecule has 0 aliphatic carbocycles. The van der Waals surface area contributed by atoms with E-state index in [0.29, 0.717) is 34.7 Å². The molecule has 10 heteroatoms. The van der Waals surface area contributed by atoms with E-state index in [1.165, 1.54) is 35.2 Å². The highest BCUT2D eigenvalue weighted by Gasteiger charge is 2.41. The van der Waals surface area contributed by atoms with Crippen LogP contribution in [0.4, 0.5) is 4.39 Å². The highest BCUT2D eigenvalue weighted by Crippen LogP contribution is 2.55. The van der Waals surface area contributed by atoms with Crippen molar-refractivity contribution in [1.29, 1.82) is 0 Å². The third kappa shape index (κ3) is 6.65. The lowest BCUT2D eigenvalue weighted by Gasteiger charge is -2.27. The van der Waals surface area contributed by atoms with E-state index in [-0.39, 0.29) is 41.0 Å². The topological polar surface area (TPSA) is 115 Å². The average molecular weight is 651 g/mol. The Hall–Kier alpha value is -4.95. The summed E-state index contributed by atoms with van der Waals surface area (Å²) in [5, 5.41) is 2.58. The number of likely N-dealkylation sites (tertiary alicyclic amines) is 1. The van der Waals surface area contributed by atoms with Gasteiger partial charge in [-0.15, -0.1) is 0 Å². The van der Waals surface area contributed by atoms with Gasteiger partial charge in [-0.3, -0.25) is 18.9 Å². The second-order valence-electron chi connectivity index (χ2n) is 11.7. The van der Waals surface area contributed by atoms with Gasteiger partial charge in [-0.1, -0.05) is 78.9 Å². The molecule has 0 radical (unpaired) electrons. The molecule has 1 saturated heterocycles. The van der Waals surface area contributed by atoms with Crippen LogP contribution in [-0.4, -0.2) is 63.4 Å². The number of Topliss-reactive ketones (excluding diaryl/α,β-unsaturated/α-hetero) is 1. The molecule has 1 aliphatic rings. The number of ketones is 1. The van der Waals surface area contributed by atoms with Crippen molar-refractivity contribution in [3.05, 3.63) is 137 Å². The van der Waals surface area contributed by atoms with E-state index in [1.807, 2.05) is 0 Å². The van der Waals surface area contributed by atoms with Crippen LogP contribution in [0.3, 0.4) is 0 Å². The summed E-state index contributed by atoms with van der Waals surface area (Å²) in [5.41, 5.74) is -1.04. The Morgan fingerprint density at radius 2 is 1.49 bits per heavy atom. The van der Waals surface area contributed by atoms with E-state index in [9.17, 15) is 33.1 Å². The molecule has 0 saturated carbocycles. The molecule has 1 fully saturated rings. The van der Waals surface area contributed by atoms with Gasteiger partial charge in [0.15, 0.2) is 5.78 Å². The van der Waals surface area contributed by atoms with E-state index in [4.69, 9.17) is 0 Å². The number of nitrogens with zero attached hydrogens (tertiary/aromatic N) is 2. The second kappa shape index (κ2) is 13.0. The fraction of sp³-hybridized carbons (Fsp3) is 0.162. The van der Waals surface area contributed by atoms with Crippen LogP contribution in [0.2, 0.25) is 0 Å². The fourth-order valence-electron chi connectivity index (χ4n) is 6.19. The first-order chi connectivity index (χ1) is 22.5. The molecule has 5 aromatic rings. The lowest BCUT2D eigenvalue weighted by molar-refractivity contribution is -0.125. The SMILES string of the molecule is CN(C(=O)c1cc2ccccc2cc1C(=O)C(c1cccc2ccccc12)P(=O)(O)O)C1CCN(C(=O)/C=C/c2ccc(F)cc2)C1. The molecule has 8 nitrogen and oxygen atoms in total. The summed E-state index contributed by atoms with van der Waals surface area (Å²) in [6, 6.07) is 27.7. The fourth-order valence-corrected chi connectivity index (χ4v) is 7.23. The number of amides is 2. The summed E-state index contributed by atoms with van der Waals surface area (Å²) in [5.74, 6) is -1.97. The van der Waals surface area contributed by atoms with Gasteiger partial charge < -0.3 is 19.6 Å². The monoisotopic (exact) mass is 650 g/mol. The number of halogens is 1. The van der Waals surface area contributed by atoms with Crippen molar-refractivity contribution in [1.82, 2.24) is 9.80 Å². The first-order valence-corrected chi connectivity index (χ1v) is 16.8. The predicted molar refractivity (Wildman–Crippen MR) is 180 cm³/mol. The predicted octanol–water partition coefficient (Wildman–Crippen LogP) is 6.62. The van der Waals surface area contributed by atoms with Crippen LogP contribution in [0.1, 0.15) is 43.9 Å². The molecule has 0 aromatic heterocycles. The van der Waals surface area contributed by atoms with Crippen molar-refractivity contribution in [3.8, 4) is 0 Å². The van der Waals surface area contributed by atoms with Crippen LogP contribution >= 0.6 is 7.60 Å². The molecule has 2 unspecified atom stereocenters. The van der Waals surface area contributed by atoms with Crippen molar-refractivity contribution in [2.45, 2.75) is 18.1 Å². The molecular weight excluding hydrogens is 618 g/mol. The Kier molecular flexibility index (Phi) is 8.88. The number of hydrogen-bond donors (Lipinski definition) is 2. The Labute approximate surface area is 270 Å². The number of benzene rings is 5. The van der Waals surface area contributed by atoms with Gasteiger partial charge in [-0.2, -0.15) is 0 Å². The molecule has 0 bridgehead atoms. The summed E-state index contributed by atoms with van der Waals surface area (Å²) in [6.07, 6.45) is 3.51. The third-order valence-corrected chi connectivity index (χ3v) is 9.90. The Bertz CT molecular complexity index is 2090.